The normalized spacial score (nSPS) is 36.8. The zero-order valence-corrected chi connectivity index (χ0v) is 13.5. The maximum Gasteiger partial charge on any atom is 0.233 e. The van der Waals surface area contributed by atoms with Crippen LogP contribution in [0.5, 0.6) is 0 Å². The average molecular weight is 313 g/mol. The van der Waals surface area contributed by atoms with E-state index in [0.29, 0.717) is 17.5 Å². The van der Waals surface area contributed by atoms with Crippen molar-refractivity contribution in [3.63, 3.8) is 0 Å². The fraction of sp³-hybridized carbons (Fsp3) is 0.650. The van der Waals surface area contributed by atoms with E-state index in [4.69, 9.17) is 0 Å². The number of fused-ring (bicyclic) bond motifs is 1. The smallest absolute Gasteiger partial charge is 0.233 e. The Morgan fingerprint density at radius 3 is 2.30 bits per heavy atom. The molecule has 0 radical (unpaired) electrons. The van der Waals surface area contributed by atoms with E-state index in [1.54, 1.807) is 6.07 Å². The van der Waals surface area contributed by atoms with E-state index < -0.39 is 5.41 Å². The Hall–Kier alpha value is -1.38. The average Bonchev–Trinajstić information content (AvgIpc) is 3.34. The van der Waals surface area contributed by atoms with Crippen molar-refractivity contribution >= 4 is 5.91 Å². The standard InChI is InChI=1S/C20H24FNO/c21-18-4-2-1-3-17(18)20(5-6-20)19(23)22-12-15-8-13-7-14(9-15)11-16(22)10-13/h1-4,13-16H,5-12H2. The molecule has 3 saturated carbocycles. The molecule has 3 heteroatoms. The summed E-state index contributed by atoms with van der Waals surface area (Å²) < 4.78 is 14.3. The van der Waals surface area contributed by atoms with Crippen LogP contribution in [0.25, 0.3) is 0 Å². The van der Waals surface area contributed by atoms with E-state index in [-0.39, 0.29) is 11.7 Å². The molecule has 0 N–H and O–H groups in total. The maximum absolute atomic E-state index is 14.3. The lowest BCUT2D eigenvalue weighted by Gasteiger charge is -2.39. The van der Waals surface area contributed by atoms with Gasteiger partial charge in [-0.3, -0.25) is 4.79 Å². The van der Waals surface area contributed by atoms with Crippen molar-refractivity contribution < 1.29 is 9.18 Å². The zero-order valence-electron chi connectivity index (χ0n) is 13.5. The Balaban J connectivity index is 1.48. The number of hydrogen-bond acceptors (Lipinski definition) is 1. The fourth-order valence-electron chi connectivity index (χ4n) is 5.88. The first-order valence-electron chi connectivity index (χ1n) is 9.22. The lowest BCUT2D eigenvalue weighted by molar-refractivity contribution is -0.137. The second-order valence-electron chi connectivity index (χ2n) is 8.45. The van der Waals surface area contributed by atoms with Gasteiger partial charge in [0.15, 0.2) is 0 Å². The van der Waals surface area contributed by atoms with Crippen molar-refractivity contribution in [3.05, 3.63) is 35.6 Å². The van der Waals surface area contributed by atoms with Crippen molar-refractivity contribution in [1.82, 2.24) is 4.90 Å². The molecule has 6 rings (SSSR count). The first kappa shape index (κ1) is 14.0. The highest BCUT2D eigenvalue weighted by molar-refractivity contribution is 5.91. The minimum atomic E-state index is -0.549. The van der Waals surface area contributed by atoms with Gasteiger partial charge in [0.25, 0.3) is 0 Å². The molecule has 2 saturated heterocycles. The van der Waals surface area contributed by atoms with Crippen LogP contribution in [0.1, 0.15) is 50.5 Å². The number of benzene rings is 1. The summed E-state index contributed by atoms with van der Waals surface area (Å²) in [6, 6.07) is 7.32. The molecule has 23 heavy (non-hydrogen) atoms. The third-order valence-electron chi connectivity index (χ3n) is 6.92. The van der Waals surface area contributed by atoms with Crippen LogP contribution in [0.2, 0.25) is 0 Å². The molecule has 2 nitrogen and oxygen atoms in total. The SMILES string of the molecule is O=C(N1CC2CC3CC(C2)CC1C3)C1(c2ccccc2F)CC1. The predicted molar refractivity (Wildman–Crippen MR) is 86.4 cm³/mol. The van der Waals surface area contributed by atoms with Crippen molar-refractivity contribution in [1.29, 1.82) is 0 Å². The molecule has 2 unspecified atom stereocenters. The predicted octanol–water partition coefficient (Wildman–Crippen LogP) is 3.89. The Bertz CT molecular complexity index is 639. The highest BCUT2D eigenvalue weighted by Gasteiger charge is 2.56. The number of rotatable bonds is 2. The number of amides is 1. The summed E-state index contributed by atoms with van der Waals surface area (Å²) in [7, 11) is 0. The largest absolute Gasteiger partial charge is 0.339 e. The second-order valence-corrected chi connectivity index (χ2v) is 8.45. The monoisotopic (exact) mass is 313 g/mol. The van der Waals surface area contributed by atoms with Crippen LogP contribution in [0.15, 0.2) is 24.3 Å². The molecule has 3 aliphatic carbocycles. The third kappa shape index (κ3) is 2.08. The van der Waals surface area contributed by atoms with E-state index in [2.05, 4.69) is 4.90 Å². The van der Waals surface area contributed by atoms with Gasteiger partial charge in [0.05, 0.1) is 5.41 Å². The van der Waals surface area contributed by atoms with Gasteiger partial charge in [-0.25, -0.2) is 4.39 Å². The van der Waals surface area contributed by atoms with Gasteiger partial charge in [0, 0.05) is 18.2 Å². The Morgan fingerprint density at radius 1 is 1.00 bits per heavy atom. The van der Waals surface area contributed by atoms with Crippen molar-refractivity contribution in [2.45, 2.75) is 56.4 Å². The number of carbonyl (C=O) groups is 1. The van der Waals surface area contributed by atoms with Crippen LogP contribution in [0.3, 0.4) is 0 Å². The van der Waals surface area contributed by atoms with E-state index in [1.807, 2.05) is 12.1 Å². The first-order valence-corrected chi connectivity index (χ1v) is 9.22. The Morgan fingerprint density at radius 2 is 1.65 bits per heavy atom. The minimum absolute atomic E-state index is 0.209. The van der Waals surface area contributed by atoms with Crippen molar-refractivity contribution in [3.8, 4) is 0 Å². The summed E-state index contributed by atoms with van der Waals surface area (Å²) in [6.45, 7) is 0.923. The summed E-state index contributed by atoms with van der Waals surface area (Å²) >= 11 is 0. The molecule has 122 valence electrons. The highest BCUT2D eigenvalue weighted by Crippen LogP contribution is 2.53. The van der Waals surface area contributed by atoms with Gasteiger partial charge in [-0.1, -0.05) is 18.2 Å². The second kappa shape index (κ2) is 4.81. The molecule has 5 aliphatic rings. The lowest BCUT2D eigenvalue weighted by atomic mass is 9.68. The molecule has 1 aromatic rings. The summed E-state index contributed by atoms with van der Waals surface area (Å²) in [5.41, 5.74) is 0.0847. The maximum atomic E-state index is 14.3. The van der Waals surface area contributed by atoms with Gasteiger partial charge in [-0.2, -0.15) is 0 Å². The number of hydrogen-bond donors (Lipinski definition) is 0. The summed E-state index contributed by atoms with van der Waals surface area (Å²) in [5.74, 6) is 2.37. The lowest BCUT2D eigenvalue weighted by Crippen LogP contribution is -2.47. The van der Waals surface area contributed by atoms with Crippen LogP contribution in [-0.4, -0.2) is 23.4 Å². The highest BCUT2D eigenvalue weighted by atomic mass is 19.1. The van der Waals surface area contributed by atoms with Gasteiger partial charge in [-0.15, -0.1) is 0 Å². The molecule has 2 aliphatic heterocycles. The Labute approximate surface area is 137 Å². The minimum Gasteiger partial charge on any atom is -0.339 e. The van der Waals surface area contributed by atoms with Gasteiger partial charge in [0.1, 0.15) is 5.82 Å². The van der Waals surface area contributed by atoms with Crippen molar-refractivity contribution in [2.75, 3.05) is 6.54 Å². The van der Waals surface area contributed by atoms with Crippen LogP contribution < -0.4 is 0 Å². The van der Waals surface area contributed by atoms with Crippen LogP contribution in [0.4, 0.5) is 4.39 Å². The van der Waals surface area contributed by atoms with E-state index >= 15 is 0 Å². The zero-order chi connectivity index (χ0) is 15.6. The van der Waals surface area contributed by atoms with E-state index in [9.17, 15) is 9.18 Å². The fourth-order valence-corrected chi connectivity index (χ4v) is 5.88. The third-order valence-corrected chi connectivity index (χ3v) is 6.92. The van der Waals surface area contributed by atoms with E-state index in [1.165, 1.54) is 38.2 Å². The van der Waals surface area contributed by atoms with Gasteiger partial charge in [0.2, 0.25) is 5.91 Å². The number of nitrogens with zero attached hydrogens (tertiary/aromatic N) is 1. The summed E-state index contributed by atoms with van der Waals surface area (Å²) in [6.07, 6.45) is 8.00. The van der Waals surface area contributed by atoms with E-state index in [0.717, 1.165) is 31.2 Å². The van der Waals surface area contributed by atoms with Crippen molar-refractivity contribution in [2.24, 2.45) is 17.8 Å². The molecular weight excluding hydrogens is 289 g/mol. The molecule has 1 amide bonds. The van der Waals surface area contributed by atoms with Gasteiger partial charge in [-0.05, 0) is 68.8 Å². The topological polar surface area (TPSA) is 20.3 Å². The molecule has 5 fully saturated rings. The Kier molecular flexibility index (Phi) is 2.93. The van der Waals surface area contributed by atoms with Crippen LogP contribution in [0, 0.1) is 23.6 Å². The molecule has 2 heterocycles. The van der Waals surface area contributed by atoms with Crippen LogP contribution in [-0.2, 0) is 10.2 Å². The quantitative estimate of drug-likeness (QED) is 0.811. The summed E-state index contributed by atoms with van der Waals surface area (Å²) in [5, 5.41) is 0. The van der Waals surface area contributed by atoms with Gasteiger partial charge >= 0.3 is 0 Å². The molecule has 0 aromatic heterocycles. The molecule has 4 bridgehead atoms. The molecule has 0 spiro atoms. The number of halogens is 1. The first-order chi connectivity index (χ1) is 11.2. The van der Waals surface area contributed by atoms with Crippen LogP contribution >= 0.6 is 0 Å². The molecule has 2 atom stereocenters. The van der Waals surface area contributed by atoms with Gasteiger partial charge < -0.3 is 4.90 Å². The molecular formula is C20H24FNO. The summed E-state index contributed by atoms with van der Waals surface area (Å²) in [4.78, 5) is 15.6. The molecule has 1 aromatic carbocycles. The number of carbonyl (C=O) groups excluding carboxylic acids is 1.